The molecule has 1 aromatic rings. The van der Waals surface area contributed by atoms with Gasteiger partial charge in [-0.15, -0.1) is 0 Å². The molecule has 1 aromatic carbocycles. The molecule has 1 amide bonds. The zero-order valence-corrected chi connectivity index (χ0v) is 16.4. The summed E-state index contributed by atoms with van der Waals surface area (Å²) in [4.78, 5) is 14.6. The van der Waals surface area contributed by atoms with Gasteiger partial charge in [0.25, 0.3) is 0 Å². The van der Waals surface area contributed by atoms with Crippen LogP contribution in [0.4, 0.5) is 10.5 Å². The van der Waals surface area contributed by atoms with E-state index in [1.807, 2.05) is 31.7 Å². The topological polar surface area (TPSA) is 55.6 Å². The van der Waals surface area contributed by atoms with Gasteiger partial charge >= 0.3 is 6.09 Å². The molecule has 0 saturated carbocycles. The van der Waals surface area contributed by atoms with Crippen LogP contribution < -0.4 is 5.73 Å². The first-order chi connectivity index (χ1) is 12.3. The SMILES string of the molecule is CC(C)(C)OC(=O)N1CCCCC1c1ccc(N)c(C2=CCCCC2)c1. The molecule has 1 fully saturated rings. The number of likely N-dealkylation sites (tertiary alicyclic amines) is 1. The van der Waals surface area contributed by atoms with Crippen molar-refractivity contribution >= 4 is 17.4 Å². The number of benzene rings is 1. The Morgan fingerprint density at radius 2 is 2.00 bits per heavy atom. The Labute approximate surface area is 157 Å². The van der Waals surface area contributed by atoms with Gasteiger partial charge in [0.1, 0.15) is 5.60 Å². The van der Waals surface area contributed by atoms with Crippen molar-refractivity contribution in [3.8, 4) is 0 Å². The quantitative estimate of drug-likeness (QED) is 0.693. The van der Waals surface area contributed by atoms with Crippen molar-refractivity contribution in [3.05, 3.63) is 35.4 Å². The highest BCUT2D eigenvalue weighted by atomic mass is 16.6. The summed E-state index contributed by atoms with van der Waals surface area (Å²) in [6, 6.07) is 6.36. The largest absolute Gasteiger partial charge is 0.444 e. The molecular weight excluding hydrogens is 324 g/mol. The van der Waals surface area contributed by atoms with E-state index in [1.54, 1.807) is 0 Å². The lowest BCUT2D eigenvalue weighted by atomic mass is 9.88. The second-order valence-electron chi connectivity index (χ2n) is 8.51. The number of nitrogen functional groups attached to an aromatic ring is 1. The molecule has 1 aliphatic heterocycles. The van der Waals surface area contributed by atoms with E-state index in [0.29, 0.717) is 0 Å². The minimum Gasteiger partial charge on any atom is -0.444 e. The number of piperidine rings is 1. The van der Waals surface area contributed by atoms with Gasteiger partial charge in [0, 0.05) is 17.8 Å². The van der Waals surface area contributed by atoms with Crippen LogP contribution >= 0.6 is 0 Å². The van der Waals surface area contributed by atoms with E-state index in [-0.39, 0.29) is 12.1 Å². The predicted molar refractivity (Wildman–Crippen MR) is 107 cm³/mol. The van der Waals surface area contributed by atoms with Gasteiger partial charge < -0.3 is 15.4 Å². The van der Waals surface area contributed by atoms with E-state index >= 15 is 0 Å². The molecule has 2 aliphatic rings. The minimum absolute atomic E-state index is 0.0714. The van der Waals surface area contributed by atoms with Crippen LogP contribution in [0.2, 0.25) is 0 Å². The number of nitrogens with two attached hydrogens (primary N) is 1. The van der Waals surface area contributed by atoms with Gasteiger partial charge in [-0.2, -0.15) is 0 Å². The molecule has 0 aromatic heterocycles. The molecule has 4 nitrogen and oxygen atoms in total. The third-order valence-corrected chi connectivity index (χ3v) is 5.23. The molecule has 1 saturated heterocycles. The molecule has 1 aliphatic carbocycles. The lowest BCUT2D eigenvalue weighted by Crippen LogP contribution is -2.41. The standard InChI is InChI=1S/C22H32N2O2/c1-22(2,3)26-21(25)24-14-8-7-11-20(24)17-12-13-19(23)18(15-17)16-9-5-4-6-10-16/h9,12-13,15,20H,4-8,10-11,14,23H2,1-3H3. The average Bonchev–Trinajstić information content (AvgIpc) is 2.61. The Balaban J connectivity index is 1.88. The fourth-order valence-corrected chi connectivity index (χ4v) is 3.96. The summed E-state index contributed by atoms with van der Waals surface area (Å²) >= 11 is 0. The van der Waals surface area contributed by atoms with E-state index in [9.17, 15) is 4.79 Å². The van der Waals surface area contributed by atoms with Gasteiger partial charge in [-0.05, 0) is 89.0 Å². The highest BCUT2D eigenvalue weighted by molar-refractivity contribution is 5.76. The highest BCUT2D eigenvalue weighted by Gasteiger charge is 2.31. The number of carbonyl (C=O) groups excluding carboxylic acids is 1. The van der Waals surface area contributed by atoms with Crippen molar-refractivity contribution in [2.45, 2.75) is 77.4 Å². The van der Waals surface area contributed by atoms with Crippen LogP contribution in [-0.2, 0) is 4.74 Å². The first-order valence-corrected chi connectivity index (χ1v) is 9.93. The number of amides is 1. The summed E-state index contributed by atoms with van der Waals surface area (Å²) in [6.45, 7) is 6.50. The summed E-state index contributed by atoms with van der Waals surface area (Å²) in [5.74, 6) is 0. The molecule has 0 radical (unpaired) electrons. The Bertz CT molecular complexity index is 688. The Hall–Kier alpha value is -1.97. The maximum absolute atomic E-state index is 12.7. The van der Waals surface area contributed by atoms with Crippen LogP contribution in [0.25, 0.3) is 5.57 Å². The van der Waals surface area contributed by atoms with Crippen LogP contribution in [0, 0.1) is 0 Å². The third kappa shape index (κ3) is 4.40. The molecule has 0 bridgehead atoms. The van der Waals surface area contributed by atoms with Gasteiger partial charge in [0.05, 0.1) is 6.04 Å². The van der Waals surface area contributed by atoms with E-state index in [0.717, 1.165) is 49.9 Å². The van der Waals surface area contributed by atoms with Crippen molar-refractivity contribution < 1.29 is 9.53 Å². The van der Waals surface area contributed by atoms with E-state index < -0.39 is 5.60 Å². The van der Waals surface area contributed by atoms with Crippen LogP contribution in [0.3, 0.4) is 0 Å². The number of rotatable bonds is 2. The number of carbonyl (C=O) groups is 1. The molecule has 4 heteroatoms. The van der Waals surface area contributed by atoms with Gasteiger partial charge in [-0.3, -0.25) is 0 Å². The van der Waals surface area contributed by atoms with Crippen molar-refractivity contribution in [3.63, 3.8) is 0 Å². The molecule has 1 unspecified atom stereocenters. The van der Waals surface area contributed by atoms with Crippen LogP contribution in [0.5, 0.6) is 0 Å². The Morgan fingerprint density at radius 1 is 1.19 bits per heavy atom. The second kappa shape index (κ2) is 7.73. The average molecular weight is 357 g/mol. The molecule has 1 atom stereocenters. The van der Waals surface area contributed by atoms with Crippen molar-refractivity contribution in [2.24, 2.45) is 0 Å². The fourth-order valence-electron chi connectivity index (χ4n) is 3.96. The Morgan fingerprint density at radius 3 is 2.69 bits per heavy atom. The van der Waals surface area contributed by atoms with Gasteiger partial charge in [0.15, 0.2) is 0 Å². The molecule has 26 heavy (non-hydrogen) atoms. The predicted octanol–water partition coefficient (Wildman–Crippen LogP) is 5.69. The zero-order valence-electron chi connectivity index (χ0n) is 16.4. The summed E-state index contributed by atoms with van der Waals surface area (Å²) in [7, 11) is 0. The molecule has 1 heterocycles. The smallest absolute Gasteiger partial charge is 0.410 e. The monoisotopic (exact) mass is 356 g/mol. The normalized spacial score (nSPS) is 21.3. The number of allylic oxidation sites excluding steroid dienone is 2. The number of anilines is 1. The molecular formula is C22H32N2O2. The summed E-state index contributed by atoms with van der Waals surface area (Å²) in [5, 5.41) is 0. The summed E-state index contributed by atoms with van der Waals surface area (Å²) < 4.78 is 5.65. The van der Waals surface area contributed by atoms with Crippen LogP contribution in [-0.4, -0.2) is 23.1 Å². The minimum atomic E-state index is -0.474. The Kier molecular flexibility index (Phi) is 5.59. The van der Waals surface area contributed by atoms with Gasteiger partial charge in [0.2, 0.25) is 0 Å². The van der Waals surface area contributed by atoms with Crippen molar-refractivity contribution in [2.75, 3.05) is 12.3 Å². The molecule has 3 rings (SSSR count). The van der Waals surface area contributed by atoms with Crippen molar-refractivity contribution in [1.29, 1.82) is 0 Å². The summed E-state index contributed by atoms with van der Waals surface area (Å²) in [6.07, 6.45) is 9.96. The maximum Gasteiger partial charge on any atom is 0.410 e. The van der Waals surface area contributed by atoms with E-state index in [2.05, 4.69) is 18.2 Å². The van der Waals surface area contributed by atoms with E-state index in [4.69, 9.17) is 10.5 Å². The highest BCUT2D eigenvalue weighted by Crippen LogP contribution is 2.37. The number of hydrogen-bond acceptors (Lipinski definition) is 3. The maximum atomic E-state index is 12.7. The van der Waals surface area contributed by atoms with Gasteiger partial charge in [-0.25, -0.2) is 4.79 Å². The first-order valence-electron chi connectivity index (χ1n) is 9.93. The van der Waals surface area contributed by atoms with Crippen molar-refractivity contribution in [1.82, 2.24) is 4.90 Å². The van der Waals surface area contributed by atoms with Crippen LogP contribution in [0.1, 0.15) is 82.9 Å². The molecule has 0 spiro atoms. The lowest BCUT2D eigenvalue weighted by Gasteiger charge is -2.37. The second-order valence-corrected chi connectivity index (χ2v) is 8.51. The fraction of sp³-hybridized carbons (Fsp3) is 0.591. The number of nitrogens with zero attached hydrogens (tertiary/aromatic N) is 1. The zero-order chi connectivity index (χ0) is 18.7. The van der Waals surface area contributed by atoms with E-state index in [1.165, 1.54) is 24.0 Å². The van der Waals surface area contributed by atoms with Crippen LogP contribution in [0.15, 0.2) is 24.3 Å². The lowest BCUT2D eigenvalue weighted by molar-refractivity contribution is 0.00951. The first kappa shape index (κ1) is 18.8. The summed E-state index contributed by atoms with van der Waals surface area (Å²) in [5.41, 5.74) is 10.3. The number of hydrogen-bond donors (Lipinski definition) is 1. The molecule has 2 N–H and O–H groups in total. The number of ether oxygens (including phenoxy) is 1. The van der Waals surface area contributed by atoms with Gasteiger partial charge in [-0.1, -0.05) is 12.1 Å². The molecule has 142 valence electrons. The third-order valence-electron chi connectivity index (χ3n) is 5.23.